The highest BCUT2D eigenvalue weighted by molar-refractivity contribution is 7.22. The van der Waals surface area contributed by atoms with Gasteiger partial charge < -0.3 is 0 Å². The van der Waals surface area contributed by atoms with Crippen molar-refractivity contribution in [2.75, 3.05) is 5.12 Å². The van der Waals surface area contributed by atoms with E-state index in [-0.39, 0.29) is 0 Å². The zero-order valence-electron chi connectivity index (χ0n) is 11.3. The summed E-state index contributed by atoms with van der Waals surface area (Å²) in [6, 6.07) is 8.07. The molecule has 2 aromatic rings. The highest BCUT2D eigenvalue weighted by atomic mass is 32.1. The van der Waals surface area contributed by atoms with Gasteiger partial charge in [0.1, 0.15) is 0 Å². The molecule has 0 atom stereocenters. The van der Waals surface area contributed by atoms with Gasteiger partial charge in [0.05, 0.1) is 10.2 Å². The molecular formula is C14H18N4S. The molecule has 0 amide bonds. The van der Waals surface area contributed by atoms with Gasteiger partial charge in [-0.05, 0) is 31.9 Å². The van der Waals surface area contributed by atoms with Crippen LogP contribution in [-0.4, -0.2) is 17.4 Å². The van der Waals surface area contributed by atoms with Crippen molar-refractivity contribution in [1.29, 1.82) is 0 Å². The number of thiazole rings is 1. The molecule has 0 aliphatic rings. The van der Waals surface area contributed by atoms with Crippen LogP contribution in [0, 0.1) is 0 Å². The summed E-state index contributed by atoms with van der Waals surface area (Å²) in [6.45, 7) is 4.05. The Bertz CT molecular complexity index is 541. The molecule has 19 heavy (non-hydrogen) atoms. The fraction of sp³-hybridized carbons (Fsp3) is 0.357. The number of benzene rings is 1. The Hall–Kier alpha value is -1.75. The molecule has 0 spiro atoms. The number of hydrogen-bond acceptors (Lipinski definition) is 5. The number of aromatic nitrogens is 1. The minimum absolute atomic E-state index is 0.798. The third-order valence-electron chi connectivity index (χ3n) is 2.56. The standard InChI is InChI=1S/C14H18N4S/c1-3-5-8-11-16-18(15-4-2)14-17-12-9-6-7-10-13(12)19-14/h4,6-7,9-11H,3,5,8H2,1-2H3/b15-4+,16-11+. The van der Waals surface area contributed by atoms with Crippen LogP contribution < -0.4 is 5.12 Å². The van der Waals surface area contributed by atoms with E-state index >= 15 is 0 Å². The lowest BCUT2D eigenvalue weighted by Gasteiger charge is -2.07. The second-order valence-electron chi connectivity index (χ2n) is 4.07. The van der Waals surface area contributed by atoms with Gasteiger partial charge in [-0.2, -0.15) is 10.2 Å². The van der Waals surface area contributed by atoms with Gasteiger partial charge >= 0.3 is 0 Å². The number of para-hydroxylation sites is 1. The largest absolute Gasteiger partial charge is 0.230 e. The molecule has 1 heterocycles. The van der Waals surface area contributed by atoms with E-state index in [1.807, 2.05) is 31.3 Å². The van der Waals surface area contributed by atoms with Crippen LogP contribution in [0.25, 0.3) is 10.2 Å². The maximum atomic E-state index is 4.55. The highest BCUT2D eigenvalue weighted by Crippen LogP contribution is 2.28. The number of hydrogen-bond donors (Lipinski definition) is 0. The monoisotopic (exact) mass is 274 g/mol. The van der Waals surface area contributed by atoms with Gasteiger partial charge in [-0.3, -0.25) is 0 Å². The van der Waals surface area contributed by atoms with Gasteiger partial charge in [0.15, 0.2) is 0 Å². The Balaban J connectivity index is 2.20. The van der Waals surface area contributed by atoms with Gasteiger partial charge in [0, 0.05) is 12.4 Å². The molecule has 0 aliphatic carbocycles. The van der Waals surface area contributed by atoms with E-state index in [0.29, 0.717) is 0 Å². The molecule has 0 aliphatic heterocycles. The number of unbranched alkanes of at least 4 members (excludes halogenated alkanes) is 2. The van der Waals surface area contributed by atoms with Crippen LogP contribution in [0.2, 0.25) is 0 Å². The molecule has 0 fully saturated rings. The summed E-state index contributed by atoms with van der Waals surface area (Å²) in [5.74, 6) is 0. The third-order valence-corrected chi connectivity index (χ3v) is 3.56. The van der Waals surface area contributed by atoms with Gasteiger partial charge in [-0.1, -0.05) is 36.8 Å². The fourth-order valence-corrected chi connectivity index (χ4v) is 2.50. The van der Waals surface area contributed by atoms with Crippen LogP contribution >= 0.6 is 11.3 Å². The Morgan fingerprint density at radius 2 is 2.16 bits per heavy atom. The number of rotatable bonds is 6. The second kappa shape index (κ2) is 6.99. The quantitative estimate of drug-likeness (QED) is 0.448. The van der Waals surface area contributed by atoms with Crippen LogP contribution in [0.3, 0.4) is 0 Å². The topological polar surface area (TPSA) is 40.9 Å². The molecule has 4 nitrogen and oxygen atoms in total. The maximum Gasteiger partial charge on any atom is 0.230 e. The average molecular weight is 274 g/mol. The first-order valence-corrected chi connectivity index (χ1v) is 7.33. The molecule has 0 radical (unpaired) electrons. The molecule has 0 N–H and O–H groups in total. The van der Waals surface area contributed by atoms with E-state index in [1.54, 1.807) is 22.7 Å². The van der Waals surface area contributed by atoms with Crippen LogP contribution in [0.5, 0.6) is 0 Å². The van der Waals surface area contributed by atoms with E-state index in [2.05, 4.69) is 28.2 Å². The SMILES string of the molecule is C/C=N/N(/N=C/CCCC)c1nc2ccccc2s1. The van der Waals surface area contributed by atoms with Crippen molar-refractivity contribution in [2.45, 2.75) is 33.1 Å². The molecule has 5 heteroatoms. The summed E-state index contributed by atoms with van der Waals surface area (Å²) in [5, 5.41) is 11.0. The van der Waals surface area contributed by atoms with Crippen molar-refractivity contribution in [3.8, 4) is 0 Å². The fourth-order valence-electron chi connectivity index (χ4n) is 1.61. The molecule has 0 saturated carbocycles. The van der Waals surface area contributed by atoms with Crippen molar-refractivity contribution in [2.24, 2.45) is 10.2 Å². The summed E-state index contributed by atoms with van der Waals surface area (Å²) >= 11 is 1.60. The zero-order valence-corrected chi connectivity index (χ0v) is 12.1. The summed E-state index contributed by atoms with van der Waals surface area (Å²) in [6.07, 6.45) is 6.92. The number of hydrazone groups is 2. The van der Waals surface area contributed by atoms with Crippen molar-refractivity contribution in [3.63, 3.8) is 0 Å². The van der Waals surface area contributed by atoms with Gasteiger partial charge in [0.2, 0.25) is 5.13 Å². The van der Waals surface area contributed by atoms with Crippen LogP contribution in [0.15, 0.2) is 34.5 Å². The van der Waals surface area contributed by atoms with Crippen LogP contribution in [0.4, 0.5) is 5.13 Å². The highest BCUT2D eigenvalue weighted by Gasteiger charge is 2.09. The maximum absolute atomic E-state index is 4.55. The second-order valence-corrected chi connectivity index (χ2v) is 5.08. The van der Waals surface area contributed by atoms with Gasteiger partial charge in [0.25, 0.3) is 0 Å². The third kappa shape index (κ3) is 3.61. The smallest absolute Gasteiger partial charge is 0.217 e. The average Bonchev–Trinajstić information content (AvgIpc) is 2.86. The van der Waals surface area contributed by atoms with Crippen molar-refractivity contribution in [1.82, 2.24) is 4.98 Å². The lowest BCUT2D eigenvalue weighted by Crippen LogP contribution is -2.07. The zero-order chi connectivity index (χ0) is 13.5. The Morgan fingerprint density at radius 1 is 1.32 bits per heavy atom. The Labute approximate surface area is 117 Å². The molecule has 1 aromatic carbocycles. The van der Waals surface area contributed by atoms with E-state index in [9.17, 15) is 0 Å². The van der Waals surface area contributed by atoms with Crippen LogP contribution in [-0.2, 0) is 0 Å². The lowest BCUT2D eigenvalue weighted by atomic mass is 10.3. The molecule has 100 valence electrons. The molecular weight excluding hydrogens is 256 g/mol. The van der Waals surface area contributed by atoms with Crippen molar-refractivity contribution in [3.05, 3.63) is 24.3 Å². The summed E-state index contributed by atoms with van der Waals surface area (Å²) in [5.41, 5.74) is 0.988. The molecule has 1 aromatic heterocycles. The Morgan fingerprint density at radius 3 is 2.89 bits per heavy atom. The predicted octanol–water partition coefficient (Wildman–Crippen LogP) is 4.28. The van der Waals surface area contributed by atoms with Crippen LogP contribution in [0.1, 0.15) is 33.1 Å². The first-order valence-electron chi connectivity index (χ1n) is 6.52. The lowest BCUT2D eigenvalue weighted by molar-refractivity contribution is 0.833. The number of fused-ring (bicyclic) bond motifs is 1. The summed E-state index contributed by atoms with van der Waals surface area (Å²) in [7, 11) is 0. The molecule has 0 unspecified atom stereocenters. The Kier molecular flexibility index (Phi) is 5.03. The van der Waals surface area contributed by atoms with Crippen molar-refractivity contribution >= 4 is 39.1 Å². The van der Waals surface area contributed by atoms with E-state index in [1.165, 1.54) is 6.42 Å². The minimum Gasteiger partial charge on any atom is -0.217 e. The minimum atomic E-state index is 0.798. The van der Waals surface area contributed by atoms with E-state index in [4.69, 9.17) is 0 Å². The van der Waals surface area contributed by atoms with E-state index < -0.39 is 0 Å². The van der Waals surface area contributed by atoms with Crippen molar-refractivity contribution < 1.29 is 0 Å². The first kappa shape index (κ1) is 13.7. The normalized spacial score (nSPS) is 11.9. The summed E-state index contributed by atoms with van der Waals surface area (Å²) in [4.78, 5) is 4.55. The molecule has 0 bridgehead atoms. The predicted molar refractivity (Wildman–Crippen MR) is 84.3 cm³/mol. The van der Waals surface area contributed by atoms with Gasteiger partial charge in [-0.25, -0.2) is 4.98 Å². The number of anilines is 1. The van der Waals surface area contributed by atoms with Gasteiger partial charge in [-0.15, -0.1) is 5.12 Å². The summed E-state index contributed by atoms with van der Waals surface area (Å²) < 4.78 is 1.15. The van der Waals surface area contributed by atoms with E-state index in [0.717, 1.165) is 28.2 Å². The molecule has 0 saturated heterocycles. The molecule has 2 rings (SSSR count). The first-order chi connectivity index (χ1) is 9.35. The number of nitrogens with zero attached hydrogens (tertiary/aromatic N) is 4.